The number of aliphatic hydroxyl groups is 1. The van der Waals surface area contributed by atoms with Gasteiger partial charge in [0.25, 0.3) is 0 Å². The summed E-state index contributed by atoms with van der Waals surface area (Å²) in [5.74, 6) is -1.47. The molecule has 1 unspecified atom stereocenters. The number of anilines is 3. The van der Waals surface area contributed by atoms with Gasteiger partial charge in [0.2, 0.25) is 0 Å². The van der Waals surface area contributed by atoms with Gasteiger partial charge in [0.1, 0.15) is 11.6 Å². The molecule has 170 valence electrons. The van der Waals surface area contributed by atoms with Gasteiger partial charge in [-0.2, -0.15) is 5.11 Å². The molecule has 0 fully saturated rings. The fourth-order valence-corrected chi connectivity index (χ4v) is 3.77. The lowest BCUT2D eigenvalue weighted by Crippen LogP contribution is -2.21. The monoisotopic (exact) mass is 450 g/mol. The van der Waals surface area contributed by atoms with E-state index in [0.717, 1.165) is 22.9 Å². The molecule has 0 aromatic heterocycles. The van der Waals surface area contributed by atoms with Gasteiger partial charge in [-0.05, 0) is 73.9 Å². The van der Waals surface area contributed by atoms with E-state index in [1.54, 1.807) is 29.3 Å². The standard InChI is InChI=1S/C25H24F2N4O2/c1-15-3-6-20(31-14-19(9-10-32)29-30-31)13-22(15)25(33)21-7-5-18(11-16(21)2)28-24-8-4-17(26)12-23(24)27/h3-8,11-13,19,28,32H,9-10,14H2,1-2H3. The van der Waals surface area contributed by atoms with E-state index in [4.69, 9.17) is 5.11 Å². The van der Waals surface area contributed by atoms with Crippen LogP contribution in [-0.4, -0.2) is 30.1 Å². The molecular weight excluding hydrogens is 426 g/mol. The van der Waals surface area contributed by atoms with Crippen LogP contribution in [0.5, 0.6) is 0 Å². The van der Waals surface area contributed by atoms with Gasteiger partial charge in [0.15, 0.2) is 5.78 Å². The number of halogens is 2. The maximum Gasteiger partial charge on any atom is 0.193 e. The van der Waals surface area contributed by atoms with Crippen LogP contribution in [0.25, 0.3) is 0 Å². The molecule has 6 nitrogen and oxygen atoms in total. The minimum atomic E-state index is -0.694. The minimum Gasteiger partial charge on any atom is -0.396 e. The normalized spacial score (nSPS) is 15.2. The highest BCUT2D eigenvalue weighted by Gasteiger charge is 2.22. The SMILES string of the molecule is Cc1cc(Nc2ccc(F)cc2F)ccc1C(=O)c1cc(N2CC(CCO)N=N2)ccc1C. The maximum atomic E-state index is 14.0. The molecule has 1 atom stereocenters. The van der Waals surface area contributed by atoms with Crippen molar-refractivity contribution in [2.24, 2.45) is 10.3 Å². The summed E-state index contributed by atoms with van der Waals surface area (Å²) >= 11 is 0. The molecule has 4 rings (SSSR count). The Hall–Kier alpha value is -3.65. The lowest BCUT2D eigenvalue weighted by Gasteiger charge is -2.16. The number of hydrogen-bond acceptors (Lipinski definition) is 6. The summed E-state index contributed by atoms with van der Waals surface area (Å²) < 4.78 is 27.1. The van der Waals surface area contributed by atoms with Crippen molar-refractivity contribution in [1.29, 1.82) is 0 Å². The van der Waals surface area contributed by atoms with Gasteiger partial charge in [-0.15, -0.1) is 0 Å². The van der Waals surface area contributed by atoms with Crippen molar-refractivity contribution in [2.75, 3.05) is 23.5 Å². The molecule has 0 bridgehead atoms. The molecule has 2 N–H and O–H groups in total. The zero-order chi connectivity index (χ0) is 23.5. The third-order valence-electron chi connectivity index (χ3n) is 5.61. The molecule has 1 aliphatic rings. The largest absolute Gasteiger partial charge is 0.396 e. The second kappa shape index (κ2) is 9.46. The van der Waals surface area contributed by atoms with Crippen molar-refractivity contribution in [3.8, 4) is 0 Å². The maximum absolute atomic E-state index is 14.0. The van der Waals surface area contributed by atoms with Crippen LogP contribution in [0.1, 0.15) is 33.5 Å². The van der Waals surface area contributed by atoms with E-state index < -0.39 is 11.6 Å². The van der Waals surface area contributed by atoms with Crippen LogP contribution in [0.4, 0.5) is 25.8 Å². The van der Waals surface area contributed by atoms with E-state index >= 15 is 0 Å². The van der Waals surface area contributed by atoms with E-state index in [-0.39, 0.29) is 24.1 Å². The highest BCUT2D eigenvalue weighted by molar-refractivity contribution is 6.11. The molecule has 33 heavy (non-hydrogen) atoms. The topological polar surface area (TPSA) is 77.3 Å². The Labute approximate surface area is 190 Å². The summed E-state index contributed by atoms with van der Waals surface area (Å²) in [4.78, 5) is 13.4. The lowest BCUT2D eigenvalue weighted by atomic mass is 9.95. The van der Waals surface area contributed by atoms with Crippen LogP contribution in [-0.2, 0) is 0 Å². The zero-order valence-electron chi connectivity index (χ0n) is 18.3. The molecule has 0 amide bonds. The van der Waals surface area contributed by atoms with Gasteiger partial charge in [-0.25, -0.2) is 13.8 Å². The summed E-state index contributed by atoms with van der Waals surface area (Å²) in [6.45, 7) is 4.29. The van der Waals surface area contributed by atoms with Crippen LogP contribution in [0, 0.1) is 25.5 Å². The average Bonchev–Trinajstić information content (AvgIpc) is 3.25. The number of aryl methyl sites for hydroxylation is 2. The Morgan fingerprint density at radius 1 is 1.06 bits per heavy atom. The zero-order valence-corrected chi connectivity index (χ0v) is 18.3. The van der Waals surface area contributed by atoms with Crippen LogP contribution in [0.3, 0.4) is 0 Å². The molecule has 1 aliphatic heterocycles. The fraction of sp³-hybridized carbons (Fsp3) is 0.240. The van der Waals surface area contributed by atoms with Crippen molar-refractivity contribution in [3.05, 3.63) is 88.5 Å². The number of aliphatic hydroxyl groups excluding tert-OH is 1. The van der Waals surface area contributed by atoms with Crippen molar-refractivity contribution in [2.45, 2.75) is 26.3 Å². The second-order valence-electron chi connectivity index (χ2n) is 8.06. The van der Waals surface area contributed by atoms with Crippen LogP contribution in [0.2, 0.25) is 0 Å². The van der Waals surface area contributed by atoms with Gasteiger partial charge < -0.3 is 10.4 Å². The van der Waals surface area contributed by atoms with Gasteiger partial charge in [-0.3, -0.25) is 4.79 Å². The van der Waals surface area contributed by atoms with E-state index in [9.17, 15) is 13.6 Å². The molecule has 0 aliphatic carbocycles. The molecule has 0 saturated carbocycles. The number of benzene rings is 3. The number of hydrogen-bond donors (Lipinski definition) is 2. The number of carbonyl (C=O) groups excluding carboxylic acids is 1. The van der Waals surface area contributed by atoms with Crippen molar-refractivity contribution in [1.82, 2.24) is 0 Å². The molecule has 3 aromatic rings. The summed E-state index contributed by atoms with van der Waals surface area (Å²) in [6, 6.07) is 14.0. The Bertz CT molecular complexity index is 1230. The smallest absolute Gasteiger partial charge is 0.193 e. The second-order valence-corrected chi connectivity index (χ2v) is 8.06. The Morgan fingerprint density at radius 2 is 1.88 bits per heavy atom. The number of rotatable bonds is 7. The lowest BCUT2D eigenvalue weighted by molar-refractivity contribution is 0.103. The van der Waals surface area contributed by atoms with Crippen LogP contribution in [0.15, 0.2) is 64.9 Å². The van der Waals surface area contributed by atoms with E-state index in [1.807, 2.05) is 26.0 Å². The Morgan fingerprint density at radius 3 is 2.61 bits per heavy atom. The summed E-state index contributed by atoms with van der Waals surface area (Å²) in [7, 11) is 0. The molecular formula is C25H24F2N4O2. The fourth-order valence-electron chi connectivity index (χ4n) is 3.77. The molecule has 3 aromatic carbocycles. The third kappa shape index (κ3) is 4.90. The van der Waals surface area contributed by atoms with Crippen molar-refractivity contribution < 1.29 is 18.7 Å². The van der Waals surface area contributed by atoms with E-state index in [2.05, 4.69) is 15.7 Å². The first kappa shape index (κ1) is 22.5. The Balaban J connectivity index is 1.56. The first-order valence-corrected chi connectivity index (χ1v) is 10.6. The number of nitrogens with zero attached hydrogens (tertiary/aromatic N) is 3. The van der Waals surface area contributed by atoms with E-state index in [0.29, 0.717) is 29.8 Å². The quantitative estimate of drug-likeness (QED) is 0.467. The molecule has 1 heterocycles. The summed E-state index contributed by atoms with van der Waals surface area (Å²) in [6.07, 6.45) is 0.541. The Kier molecular flexibility index (Phi) is 6.46. The number of ketones is 1. The predicted octanol–water partition coefficient (Wildman–Crippen LogP) is 5.49. The summed E-state index contributed by atoms with van der Waals surface area (Å²) in [5, 5.41) is 22.1. The third-order valence-corrected chi connectivity index (χ3v) is 5.61. The average molecular weight is 450 g/mol. The number of carbonyl (C=O) groups is 1. The summed E-state index contributed by atoms with van der Waals surface area (Å²) in [5.41, 5.74) is 4.15. The molecule has 0 spiro atoms. The van der Waals surface area contributed by atoms with Crippen molar-refractivity contribution >= 4 is 22.8 Å². The molecule has 0 saturated heterocycles. The van der Waals surface area contributed by atoms with Gasteiger partial charge >= 0.3 is 0 Å². The van der Waals surface area contributed by atoms with Gasteiger partial charge in [0, 0.05) is 29.5 Å². The highest BCUT2D eigenvalue weighted by atomic mass is 19.1. The van der Waals surface area contributed by atoms with E-state index in [1.165, 1.54) is 12.1 Å². The van der Waals surface area contributed by atoms with Crippen LogP contribution < -0.4 is 10.3 Å². The van der Waals surface area contributed by atoms with Crippen molar-refractivity contribution in [3.63, 3.8) is 0 Å². The van der Waals surface area contributed by atoms with Crippen LogP contribution >= 0.6 is 0 Å². The first-order chi connectivity index (χ1) is 15.9. The van der Waals surface area contributed by atoms with Gasteiger partial charge in [-0.1, -0.05) is 11.3 Å². The molecule has 8 heteroatoms. The number of nitrogens with one attached hydrogen (secondary N) is 1. The molecule has 0 radical (unpaired) electrons. The van der Waals surface area contributed by atoms with Gasteiger partial charge in [0.05, 0.1) is 24.0 Å². The predicted molar refractivity (Wildman–Crippen MR) is 123 cm³/mol. The minimum absolute atomic E-state index is 0.0487. The first-order valence-electron chi connectivity index (χ1n) is 10.6. The highest BCUT2D eigenvalue weighted by Crippen LogP contribution is 2.28.